The third-order valence-corrected chi connectivity index (χ3v) is 6.28. The molecule has 2 heterocycles. The first-order valence-electron chi connectivity index (χ1n) is 10.5. The Balaban J connectivity index is 1.34. The van der Waals surface area contributed by atoms with Crippen molar-refractivity contribution in [2.75, 3.05) is 13.1 Å². The van der Waals surface area contributed by atoms with Crippen LogP contribution in [0.5, 0.6) is 0 Å². The number of rotatable bonds is 4. The number of hydrogen-bond acceptors (Lipinski definition) is 3. The number of carbonyl (C=O) groups is 1. The molecule has 0 unspecified atom stereocenters. The van der Waals surface area contributed by atoms with Crippen molar-refractivity contribution in [1.82, 2.24) is 14.7 Å². The molecule has 5 heteroatoms. The molecular formula is C23H29N3O2. The molecule has 5 nitrogen and oxygen atoms in total. The number of amides is 1. The highest BCUT2D eigenvalue weighted by Crippen LogP contribution is 2.21. The summed E-state index contributed by atoms with van der Waals surface area (Å²) in [6.45, 7) is 4.27. The van der Waals surface area contributed by atoms with E-state index in [9.17, 15) is 9.59 Å². The molecule has 4 rings (SSSR count). The van der Waals surface area contributed by atoms with Crippen molar-refractivity contribution in [2.24, 2.45) is 5.92 Å². The molecule has 0 bridgehead atoms. The normalized spacial score (nSPS) is 17.4. The van der Waals surface area contributed by atoms with E-state index < -0.39 is 0 Å². The van der Waals surface area contributed by atoms with Gasteiger partial charge in [0.15, 0.2) is 0 Å². The second kappa shape index (κ2) is 8.29. The van der Waals surface area contributed by atoms with Crippen molar-refractivity contribution >= 4 is 5.91 Å². The number of piperidine rings is 1. The van der Waals surface area contributed by atoms with Crippen LogP contribution < -0.4 is 5.56 Å². The van der Waals surface area contributed by atoms with Crippen LogP contribution in [-0.2, 0) is 30.6 Å². The zero-order valence-electron chi connectivity index (χ0n) is 16.7. The topological polar surface area (TPSA) is 55.2 Å². The number of aromatic nitrogens is 2. The lowest BCUT2D eigenvalue weighted by molar-refractivity contribution is -0.131. The maximum Gasteiger partial charge on any atom is 0.267 e. The Bertz CT molecular complexity index is 910. The van der Waals surface area contributed by atoms with Crippen LogP contribution in [-0.4, -0.2) is 33.7 Å². The van der Waals surface area contributed by atoms with Crippen LogP contribution in [0.4, 0.5) is 0 Å². The SMILES string of the molecule is Cc1ccccc1CC(=O)N1CCC(Cn2nc3c(cc2=O)CCCC3)CC1. The maximum atomic E-state index is 12.7. The van der Waals surface area contributed by atoms with Crippen molar-refractivity contribution < 1.29 is 4.79 Å². The molecule has 1 saturated heterocycles. The third kappa shape index (κ3) is 4.18. The van der Waals surface area contributed by atoms with Crippen molar-refractivity contribution in [2.45, 2.75) is 58.4 Å². The molecule has 1 amide bonds. The van der Waals surface area contributed by atoms with Crippen LogP contribution in [0.3, 0.4) is 0 Å². The molecule has 0 radical (unpaired) electrons. The monoisotopic (exact) mass is 379 g/mol. The van der Waals surface area contributed by atoms with E-state index in [4.69, 9.17) is 0 Å². The summed E-state index contributed by atoms with van der Waals surface area (Å²) in [5.74, 6) is 0.617. The molecule has 1 aliphatic carbocycles. The number of likely N-dealkylation sites (tertiary alicyclic amines) is 1. The van der Waals surface area contributed by atoms with Gasteiger partial charge in [0.2, 0.25) is 5.91 Å². The highest BCUT2D eigenvalue weighted by atomic mass is 16.2. The van der Waals surface area contributed by atoms with Gasteiger partial charge in [-0.3, -0.25) is 9.59 Å². The van der Waals surface area contributed by atoms with Gasteiger partial charge >= 0.3 is 0 Å². The van der Waals surface area contributed by atoms with Crippen LogP contribution in [0.25, 0.3) is 0 Å². The molecule has 1 aromatic heterocycles. The van der Waals surface area contributed by atoms with Crippen molar-refractivity contribution in [3.05, 3.63) is 63.1 Å². The Labute approximate surface area is 166 Å². The number of carbonyl (C=O) groups excluding carboxylic acids is 1. The minimum atomic E-state index is 0.0266. The lowest BCUT2D eigenvalue weighted by Crippen LogP contribution is -2.41. The van der Waals surface area contributed by atoms with E-state index in [1.54, 1.807) is 10.7 Å². The van der Waals surface area contributed by atoms with Gasteiger partial charge in [-0.1, -0.05) is 24.3 Å². The summed E-state index contributed by atoms with van der Waals surface area (Å²) in [5, 5.41) is 4.65. The Morgan fingerprint density at radius 2 is 1.89 bits per heavy atom. The molecule has 148 valence electrons. The van der Waals surface area contributed by atoms with Crippen LogP contribution >= 0.6 is 0 Å². The lowest BCUT2D eigenvalue weighted by atomic mass is 9.95. The Hall–Kier alpha value is -2.43. The second-order valence-corrected chi connectivity index (χ2v) is 8.27. The Morgan fingerprint density at radius 1 is 1.14 bits per heavy atom. The van der Waals surface area contributed by atoms with E-state index in [-0.39, 0.29) is 11.5 Å². The fourth-order valence-electron chi connectivity index (χ4n) is 4.42. The van der Waals surface area contributed by atoms with E-state index in [0.29, 0.717) is 18.9 Å². The molecule has 0 saturated carbocycles. The average Bonchev–Trinajstić information content (AvgIpc) is 2.71. The summed E-state index contributed by atoms with van der Waals surface area (Å²) in [6, 6.07) is 9.88. The molecular weight excluding hydrogens is 350 g/mol. The average molecular weight is 380 g/mol. The molecule has 0 spiro atoms. The summed E-state index contributed by atoms with van der Waals surface area (Å²) in [6.07, 6.45) is 6.65. The summed E-state index contributed by atoms with van der Waals surface area (Å²) < 4.78 is 1.67. The second-order valence-electron chi connectivity index (χ2n) is 8.27. The third-order valence-electron chi connectivity index (χ3n) is 6.28. The number of aryl methyl sites for hydroxylation is 3. The molecule has 2 aromatic rings. The van der Waals surface area contributed by atoms with Gasteiger partial charge in [-0.25, -0.2) is 4.68 Å². The van der Waals surface area contributed by atoms with E-state index in [0.717, 1.165) is 62.0 Å². The molecule has 1 aliphatic heterocycles. The van der Waals surface area contributed by atoms with E-state index in [2.05, 4.69) is 18.1 Å². The lowest BCUT2D eigenvalue weighted by Gasteiger charge is -2.32. The predicted octanol–water partition coefficient (Wildman–Crippen LogP) is 2.91. The zero-order valence-corrected chi connectivity index (χ0v) is 16.7. The van der Waals surface area contributed by atoms with Gasteiger partial charge < -0.3 is 4.90 Å². The summed E-state index contributed by atoms with van der Waals surface area (Å²) in [7, 11) is 0. The predicted molar refractivity (Wildman–Crippen MR) is 109 cm³/mol. The first-order chi connectivity index (χ1) is 13.6. The van der Waals surface area contributed by atoms with Gasteiger partial charge in [0, 0.05) is 25.7 Å². The number of hydrogen-bond donors (Lipinski definition) is 0. The van der Waals surface area contributed by atoms with Crippen LogP contribution in [0, 0.1) is 12.8 Å². The van der Waals surface area contributed by atoms with Gasteiger partial charge in [-0.05, 0) is 68.1 Å². The summed E-state index contributed by atoms with van der Waals surface area (Å²) in [5.41, 5.74) is 4.56. The number of fused-ring (bicyclic) bond motifs is 1. The molecule has 28 heavy (non-hydrogen) atoms. The van der Waals surface area contributed by atoms with E-state index in [1.807, 2.05) is 23.1 Å². The minimum absolute atomic E-state index is 0.0266. The zero-order chi connectivity index (χ0) is 19.5. The maximum absolute atomic E-state index is 12.7. The molecule has 1 fully saturated rings. The molecule has 1 aromatic carbocycles. The van der Waals surface area contributed by atoms with Gasteiger partial charge in [0.25, 0.3) is 5.56 Å². The van der Waals surface area contributed by atoms with Crippen LogP contribution in [0.15, 0.2) is 35.1 Å². The van der Waals surface area contributed by atoms with Gasteiger partial charge in [-0.15, -0.1) is 0 Å². The molecule has 0 N–H and O–H groups in total. The van der Waals surface area contributed by atoms with E-state index >= 15 is 0 Å². The molecule has 2 aliphatic rings. The Morgan fingerprint density at radius 3 is 2.68 bits per heavy atom. The largest absolute Gasteiger partial charge is 0.342 e. The Kier molecular flexibility index (Phi) is 5.60. The number of nitrogens with zero attached hydrogens (tertiary/aromatic N) is 3. The highest BCUT2D eigenvalue weighted by Gasteiger charge is 2.24. The van der Waals surface area contributed by atoms with Crippen molar-refractivity contribution in [3.63, 3.8) is 0 Å². The fraction of sp³-hybridized carbons (Fsp3) is 0.522. The smallest absolute Gasteiger partial charge is 0.267 e. The van der Waals surface area contributed by atoms with Crippen LogP contribution in [0.1, 0.15) is 48.1 Å². The first kappa shape index (κ1) is 18.9. The van der Waals surface area contributed by atoms with Crippen molar-refractivity contribution in [1.29, 1.82) is 0 Å². The minimum Gasteiger partial charge on any atom is -0.342 e. The van der Waals surface area contributed by atoms with Gasteiger partial charge in [0.1, 0.15) is 0 Å². The quantitative estimate of drug-likeness (QED) is 0.821. The molecule has 0 atom stereocenters. The standard InChI is InChI=1S/C23H29N3O2/c1-17-6-2-3-7-19(17)14-22(27)25-12-10-18(11-13-25)16-26-23(28)15-20-8-4-5-9-21(20)24-26/h2-3,6-7,15,18H,4-5,8-14,16H2,1H3. The highest BCUT2D eigenvalue weighted by molar-refractivity contribution is 5.79. The summed E-state index contributed by atoms with van der Waals surface area (Å²) >= 11 is 0. The van der Waals surface area contributed by atoms with Gasteiger partial charge in [0.05, 0.1) is 12.1 Å². The first-order valence-corrected chi connectivity index (χ1v) is 10.5. The number of benzene rings is 1. The van der Waals surface area contributed by atoms with Crippen LogP contribution in [0.2, 0.25) is 0 Å². The van der Waals surface area contributed by atoms with Gasteiger partial charge in [-0.2, -0.15) is 5.10 Å². The van der Waals surface area contributed by atoms with Crippen molar-refractivity contribution in [3.8, 4) is 0 Å². The summed E-state index contributed by atoms with van der Waals surface area (Å²) in [4.78, 5) is 27.0. The fourth-order valence-corrected chi connectivity index (χ4v) is 4.42. The van der Waals surface area contributed by atoms with E-state index in [1.165, 1.54) is 12.0 Å².